The average Bonchev–Trinajstić information content (AvgIpc) is 2.21. The van der Waals surface area contributed by atoms with Crippen LogP contribution in [0.15, 0.2) is 18.2 Å². The third-order valence-corrected chi connectivity index (χ3v) is 2.79. The molecule has 0 bridgehead atoms. The Morgan fingerprint density at radius 1 is 1.44 bits per heavy atom. The highest BCUT2D eigenvalue weighted by Crippen LogP contribution is 2.16. The molecule has 16 heavy (non-hydrogen) atoms. The van der Waals surface area contributed by atoms with E-state index in [2.05, 4.69) is 5.32 Å². The monoisotopic (exact) mass is 220 g/mol. The molecule has 0 aliphatic rings. The van der Waals surface area contributed by atoms with Crippen molar-refractivity contribution in [1.29, 1.82) is 0 Å². The minimum absolute atomic E-state index is 0.104. The van der Waals surface area contributed by atoms with E-state index in [4.69, 9.17) is 5.73 Å². The maximum atomic E-state index is 12.0. The van der Waals surface area contributed by atoms with Crippen molar-refractivity contribution in [2.24, 2.45) is 0 Å². The van der Waals surface area contributed by atoms with Gasteiger partial charge in [0.15, 0.2) is 0 Å². The van der Waals surface area contributed by atoms with Crippen LogP contribution in [0.3, 0.4) is 0 Å². The molecule has 1 rings (SSSR count). The number of anilines is 1. The smallest absolute Gasteiger partial charge is 0.253 e. The zero-order chi connectivity index (χ0) is 12.3. The molecule has 0 radical (unpaired) electrons. The largest absolute Gasteiger partial charge is 0.398 e. The molecule has 0 saturated carbocycles. The Kier molecular flexibility index (Phi) is 3.58. The summed E-state index contributed by atoms with van der Waals surface area (Å²) < 4.78 is 0. The van der Waals surface area contributed by atoms with E-state index in [1.807, 2.05) is 39.8 Å². The number of benzene rings is 1. The number of nitrogen functional groups attached to an aromatic ring is 1. The van der Waals surface area contributed by atoms with Gasteiger partial charge in [-0.3, -0.25) is 4.79 Å². The van der Waals surface area contributed by atoms with Gasteiger partial charge in [-0.15, -0.1) is 0 Å². The van der Waals surface area contributed by atoms with E-state index < -0.39 is 0 Å². The van der Waals surface area contributed by atoms with Gasteiger partial charge in [0.2, 0.25) is 0 Å². The Bertz CT molecular complexity index is 397. The fourth-order valence-corrected chi connectivity index (χ4v) is 1.33. The van der Waals surface area contributed by atoms with E-state index in [1.165, 1.54) is 0 Å². The lowest BCUT2D eigenvalue weighted by atomic mass is 10.0. The lowest BCUT2D eigenvalue weighted by Crippen LogP contribution is -2.43. The summed E-state index contributed by atoms with van der Waals surface area (Å²) in [5, 5.41) is 2.97. The highest BCUT2D eigenvalue weighted by atomic mass is 16.1. The molecule has 0 heterocycles. The van der Waals surface area contributed by atoms with Gasteiger partial charge in [-0.05, 0) is 39.3 Å². The van der Waals surface area contributed by atoms with Gasteiger partial charge in [0.1, 0.15) is 0 Å². The van der Waals surface area contributed by atoms with Crippen LogP contribution in [0.2, 0.25) is 0 Å². The molecule has 0 saturated heterocycles. The summed E-state index contributed by atoms with van der Waals surface area (Å²) >= 11 is 0. The molecule has 1 aromatic rings. The number of carbonyl (C=O) groups is 1. The molecule has 0 atom stereocenters. The van der Waals surface area contributed by atoms with Gasteiger partial charge >= 0.3 is 0 Å². The predicted molar refractivity (Wildman–Crippen MR) is 67.4 cm³/mol. The number of amides is 1. The maximum absolute atomic E-state index is 12.0. The van der Waals surface area contributed by atoms with Gasteiger partial charge in [-0.2, -0.15) is 0 Å². The van der Waals surface area contributed by atoms with Gasteiger partial charge in [-0.25, -0.2) is 0 Å². The minimum Gasteiger partial charge on any atom is -0.398 e. The fourth-order valence-electron chi connectivity index (χ4n) is 1.33. The van der Waals surface area contributed by atoms with Crippen molar-refractivity contribution in [3.63, 3.8) is 0 Å². The second-order valence-corrected chi connectivity index (χ2v) is 4.78. The number of hydrogen-bond acceptors (Lipinski definition) is 2. The number of carbonyl (C=O) groups excluding carboxylic acids is 1. The second-order valence-electron chi connectivity index (χ2n) is 4.78. The second kappa shape index (κ2) is 4.56. The van der Waals surface area contributed by atoms with E-state index in [1.54, 1.807) is 6.07 Å². The molecular weight excluding hydrogens is 200 g/mol. The molecule has 0 aliphatic heterocycles. The Hall–Kier alpha value is -1.51. The van der Waals surface area contributed by atoms with Crippen LogP contribution in [-0.4, -0.2) is 11.4 Å². The highest BCUT2D eigenvalue weighted by molar-refractivity contribution is 5.99. The number of aryl methyl sites for hydroxylation is 1. The highest BCUT2D eigenvalue weighted by Gasteiger charge is 2.20. The Morgan fingerprint density at radius 3 is 2.62 bits per heavy atom. The van der Waals surface area contributed by atoms with Crippen LogP contribution in [0.1, 0.15) is 43.1 Å². The van der Waals surface area contributed by atoms with E-state index in [-0.39, 0.29) is 11.4 Å². The van der Waals surface area contributed by atoms with Crippen LogP contribution in [0.5, 0.6) is 0 Å². The molecule has 1 aromatic carbocycles. The van der Waals surface area contributed by atoms with Gasteiger partial charge in [0.05, 0.1) is 5.56 Å². The molecule has 0 aromatic heterocycles. The van der Waals surface area contributed by atoms with Crippen LogP contribution >= 0.6 is 0 Å². The van der Waals surface area contributed by atoms with Crippen LogP contribution in [0.4, 0.5) is 5.69 Å². The van der Waals surface area contributed by atoms with Gasteiger partial charge in [0, 0.05) is 11.2 Å². The van der Waals surface area contributed by atoms with Crippen LogP contribution in [-0.2, 0) is 0 Å². The lowest BCUT2D eigenvalue weighted by Gasteiger charge is -2.24. The Balaban J connectivity index is 2.93. The summed E-state index contributed by atoms with van der Waals surface area (Å²) in [6.45, 7) is 7.98. The van der Waals surface area contributed by atoms with Gasteiger partial charge in [-0.1, -0.05) is 18.6 Å². The molecule has 3 N–H and O–H groups in total. The van der Waals surface area contributed by atoms with Gasteiger partial charge < -0.3 is 11.1 Å². The van der Waals surface area contributed by atoms with Crippen molar-refractivity contribution in [1.82, 2.24) is 5.32 Å². The molecule has 3 heteroatoms. The van der Waals surface area contributed by atoms with E-state index >= 15 is 0 Å². The first-order valence-corrected chi connectivity index (χ1v) is 5.54. The lowest BCUT2D eigenvalue weighted by molar-refractivity contribution is 0.0912. The van der Waals surface area contributed by atoms with E-state index in [9.17, 15) is 4.79 Å². The van der Waals surface area contributed by atoms with Crippen molar-refractivity contribution in [2.75, 3.05) is 5.73 Å². The number of rotatable bonds is 3. The fraction of sp³-hybridized carbons (Fsp3) is 0.462. The summed E-state index contributed by atoms with van der Waals surface area (Å²) in [7, 11) is 0. The van der Waals surface area contributed by atoms with E-state index in [0.29, 0.717) is 11.3 Å². The SMILES string of the molecule is CCC(C)(C)NC(=O)c1cc(C)ccc1N. The molecule has 0 unspecified atom stereocenters. The zero-order valence-electron chi connectivity index (χ0n) is 10.4. The summed E-state index contributed by atoms with van der Waals surface area (Å²) in [6.07, 6.45) is 0.879. The molecule has 0 fully saturated rings. The topological polar surface area (TPSA) is 55.1 Å². The first-order valence-electron chi connectivity index (χ1n) is 5.54. The van der Waals surface area contributed by atoms with Crippen molar-refractivity contribution in [2.45, 2.75) is 39.7 Å². The maximum Gasteiger partial charge on any atom is 0.253 e. The third kappa shape index (κ3) is 2.99. The Labute approximate surface area is 97.0 Å². The summed E-state index contributed by atoms with van der Waals surface area (Å²) in [5.74, 6) is -0.104. The van der Waals surface area contributed by atoms with E-state index in [0.717, 1.165) is 12.0 Å². The summed E-state index contributed by atoms with van der Waals surface area (Å²) in [5.41, 5.74) is 7.70. The summed E-state index contributed by atoms with van der Waals surface area (Å²) in [6, 6.07) is 5.48. The first kappa shape index (κ1) is 12.6. The minimum atomic E-state index is -0.201. The first-order chi connectivity index (χ1) is 7.35. The van der Waals surface area contributed by atoms with Crippen LogP contribution in [0.25, 0.3) is 0 Å². The van der Waals surface area contributed by atoms with Crippen LogP contribution < -0.4 is 11.1 Å². The average molecular weight is 220 g/mol. The Morgan fingerprint density at radius 2 is 2.06 bits per heavy atom. The van der Waals surface area contributed by atoms with Gasteiger partial charge in [0.25, 0.3) is 5.91 Å². The van der Waals surface area contributed by atoms with Crippen molar-refractivity contribution < 1.29 is 4.79 Å². The normalized spacial score (nSPS) is 11.2. The van der Waals surface area contributed by atoms with Crippen molar-refractivity contribution in [3.05, 3.63) is 29.3 Å². The number of hydrogen-bond donors (Lipinski definition) is 2. The quantitative estimate of drug-likeness (QED) is 0.769. The molecule has 0 aliphatic carbocycles. The standard InChI is InChI=1S/C13H20N2O/c1-5-13(3,4)15-12(16)10-8-9(2)6-7-11(10)14/h6-8H,5,14H2,1-4H3,(H,15,16). The molecule has 1 amide bonds. The summed E-state index contributed by atoms with van der Waals surface area (Å²) in [4.78, 5) is 12.0. The number of nitrogens with one attached hydrogen (secondary N) is 1. The van der Waals surface area contributed by atoms with Crippen molar-refractivity contribution in [3.8, 4) is 0 Å². The zero-order valence-corrected chi connectivity index (χ0v) is 10.4. The molecule has 88 valence electrons. The molecule has 3 nitrogen and oxygen atoms in total. The van der Waals surface area contributed by atoms with Crippen molar-refractivity contribution >= 4 is 11.6 Å². The molecular formula is C13H20N2O. The molecule has 0 spiro atoms. The van der Waals surface area contributed by atoms with Crippen LogP contribution in [0, 0.1) is 6.92 Å². The predicted octanol–water partition coefficient (Wildman–Crippen LogP) is 2.50. The number of nitrogens with two attached hydrogens (primary N) is 1. The third-order valence-electron chi connectivity index (χ3n) is 2.79.